The number of rotatable bonds is 6. The van der Waals surface area contributed by atoms with Crippen LogP contribution in [0, 0.1) is 5.92 Å². The number of primary amides is 1. The van der Waals surface area contributed by atoms with Gasteiger partial charge in [0.1, 0.15) is 5.82 Å². The molecular formula is C13H19N3O. The van der Waals surface area contributed by atoms with Gasteiger partial charge in [-0.15, -0.1) is 0 Å². The zero-order valence-electron chi connectivity index (χ0n) is 10.1. The van der Waals surface area contributed by atoms with Gasteiger partial charge in [-0.1, -0.05) is 19.8 Å². The van der Waals surface area contributed by atoms with E-state index in [-0.39, 0.29) is 0 Å². The van der Waals surface area contributed by atoms with E-state index in [1.165, 1.54) is 25.5 Å². The van der Waals surface area contributed by atoms with E-state index in [0.717, 1.165) is 18.2 Å². The van der Waals surface area contributed by atoms with Gasteiger partial charge in [0, 0.05) is 12.2 Å². The molecule has 1 aromatic heterocycles. The third-order valence-electron chi connectivity index (χ3n) is 3.21. The topological polar surface area (TPSA) is 68.0 Å². The summed E-state index contributed by atoms with van der Waals surface area (Å²) in [6, 6.07) is 4.01. The molecule has 92 valence electrons. The molecule has 4 nitrogen and oxygen atoms in total. The summed E-state index contributed by atoms with van der Waals surface area (Å²) in [5.41, 5.74) is 5.62. The van der Waals surface area contributed by atoms with Crippen LogP contribution in [0.5, 0.6) is 0 Å². The van der Waals surface area contributed by atoms with Crippen molar-refractivity contribution in [2.24, 2.45) is 11.7 Å². The molecule has 4 heteroatoms. The zero-order valence-corrected chi connectivity index (χ0v) is 10.1. The monoisotopic (exact) mass is 233 g/mol. The van der Waals surface area contributed by atoms with Crippen LogP contribution in [0.4, 0.5) is 5.82 Å². The van der Waals surface area contributed by atoms with Gasteiger partial charge < -0.3 is 11.1 Å². The lowest BCUT2D eigenvalue weighted by Crippen LogP contribution is -2.20. The highest BCUT2D eigenvalue weighted by Crippen LogP contribution is 2.34. The van der Waals surface area contributed by atoms with Crippen molar-refractivity contribution in [2.45, 2.75) is 38.6 Å². The van der Waals surface area contributed by atoms with Crippen molar-refractivity contribution >= 4 is 11.7 Å². The van der Waals surface area contributed by atoms with Crippen LogP contribution in [0.3, 0.4) is 0 Å². The lowest BCUT2D eigenvalue weighted by molar-refractivity contribution is 0.1000. The van der Waals surface area contributed by atoms with Crippen molar-refractivity contribution in [3.05, 3.63) is 23.9 Å². The minimum atomic E-state index is -0.436. The Labute approximate surface area is 102 Å². The van der Waals surface area contributed by atoms with Crippen LogP contribution >= 0.6 is 0 Å². The molecule has 1 aliphatic rings. The van der Waals surface area contributed by atoms with Gasteiger partial charge in [0.25, 0.3) is 0 Å². The molecular weight excluding hydrogens is 214 g/mol. The third kappa shape index (κ3) is 3.44. The number of nitrogens with one attached hydrogen (secondary N) is 1. The second-order valence-electron chi connectivity index (χ2n) is 4.72. The average molecular weight is 233 g/mol. The maximum absolute atomic E-state index is 10.9. The van der Waals surface area contributed by atoms with E-state index >= 15 is 0 Å². The lowest BCUT2D eigenvalue weighted by Gasteiger charge is -2.17. The van der Waals surface area contributed by atoms with Gasteiger partial charge in [0.05, 0.1) is 5.56 Å². The van der Waals surface area contributed by atoms with Gasteiger partial charge in [-0.05, 0) is 30.9 Å². The molecule has 2 rings (SSSR count). The number of nitrogens with two attached hydrogens (primary N) is 1. The number of aromatic nitrogens is 1. The molecule has 17 heavy (non-hydrogen) atoms. The van der Waals surface area contributed by atoms with Crippen LogP contribution < -0.4 is 11.1 Å². The van der Waals surface area contributed by atoms with Crippen molar-refractivity contribution in [1.29, 1.82) is 0 Å². The SMILES string of the molecule is CCC(CC1CC1)Nc1ccc(C(N)=O)cn1. The minimum absolute atomic E-state index is 0.436. The summed E-state index contributed by atoms with van der Waals surface area (Å²) in [7, 11) is 0. The summed E-state index contributed by atoms with van der Waals surface area (Å²) in [4.78, 5) is 15.1. The summed E-state index contributed by atoms with van der Waals surface area (Å²) >= 11 is 0. The highest BCUT2D eigenvalue weighted by atomic mass is 16.1. The summed E-state index contributed by atoms with van der Waals surface area (Å²) in [6.45, 7) is 2.18. The van der Waals surface area contributed by atoms with Gasteiger partial charge >= 0.3 is 0 Å². The maximum atomic E-state index is 10.9. The van der Waals surface area contributed by atoms with Crippen LogP contribution in [-0.2, 0) is 0 Å². The maximum Gasteiger partial charge on any atom is 0.250 e. The Balaban J connectivity index is 1.94. The van der Waals surface area contributed by atoms with Crippen LogP contribution in [0.15, 0.2) is 18.3 Å². The second kappa shape index (κ2) is 5.17. The Morgan fingerprint density at radius 3 is 2.82 bits per heavy atom. The predicted molar refractivity (Wildman–Crippen MR) is 67.8 cm³/mol. The van der Waals surface area contributed by atoms with E-state index in [2.05, 4.69) is 17.2 Å². The van der Waals surface area contributed by atoms with Crippen LogP contribution in [-0.4, -0.2) is 16.9 Å². The van der Waals surface area contributed by atoms with Crippen molar-refractivity contribution in [2.75, 3.05) is 5.32 Å². The lowest BCUT2D eigenvalue weighted by atomic mass is 10.1. The second-order valence-corrected chi connectivity index (χ2v) is 4.72. The third-order valence-corrected chi connectivity index (χ3v) is 3.21. The minimum Gasteiger partial charge on any atom is -0.367 e. The molecule has 0 spiro atoms. The fourth-order valence-corrected chi connectivity index (χ4v) is 1.92. The molecule has 1 aliphatic carbocycles. The van der Waals surface area contributed by atoms with Crippen molar-refractivity contribution in [1.82, 2.24) is 4.98 Å². The molecule has 1 aromatic rings. The molecule has 0 radical (unpaired) electrons. The van der Waals surface area contributed by atoms with Crippen molar-refractivity contribution in [3.63, 3.8) is 0 Å². The fraction of sp³-hybridized carbons (Fsp3) is 0.538. The molecule has 1 heterocycles. The number of nitrogens with zero attached hydrogens (tertiary/aromatic N) is 1. The first-order chi connectivity index (χ1) is 8.19. The molecule has 1 unspecified atom stereocenters. The molecule has 3 N–H and O–H groups in total. The Bertz CT molecular complexity index is 384. The molecule has 0 bridgehead atoms. The van der Waals surface area contributed by atoms with Crippen LogP contribution in [0.1, 0.15) is 43.0 Å². The van der Waals surface area contributed by atoms with Crippen molar-refractivity contribution < 1.29 is 4.79 Å². The van der Waals surface area contributed by atoms with E-state index in [9.17, 15) is 4.79 Å². The molecule has 1 saturated carbocycles. The first kappa shape index (κ1) is 11.9. The highest BCUT2D eigenvalue weighted by Gasteiger charge is 2.24. The smallest absolute Gasteiger partial charge is 0.250 e. The summed E-state index contributed by atoms with van der Waals surface area (Å²) < 4.78 is 0. The molecule has 1 amide bonds. The van der Waals surface area contributed by atoms with Gasteiger partial charge in [0.15, 0.2) is 0 Å². The van der Waals surface area contributed by atoms with Gasteiger partial charge in [-0.25, -0.2) is 4.98 Å². The van der Waals surface area contributed by atoms with E-state index < -0.39 is 5.91 Å². The van der Waals surface area contributed by atoms with E-state index in [1.807, 2.05) is 6.07 Å². The predicted octanol–water partition coefficient (Wildman–Crippen LogP) is 2.17. The normalized spacial score (nSPS) is 16.5. The first-order valence-corrected chi connectivity index (χ1v) is 6.21. The molecule has 0 saturated heterocycles. The largest absolute Gasteiger partial charge is 0.367 e. The number of carbonyl (C=O) groups is 1. The number of anilines is 1. The summed E-state index contributed by atoms with van der Waals surface area (Å²) in [6.07, 6.45) is 6.57. The Hall–Kier alpha value is -1.58. The Kier molecular flexibility index (Phi) is 3.61. The van der Waals surface area contributed by atoms with E-state index in [1.54, 1.807) is 6.07 Å². The van der Waals surface area contributed by atoms with Gasteiger partial charge in [0.2, 0.25) is 5.91 Å². The number of hydrogen-bond donors (Lipinski definition) is 2. The summed E-state index contributed by atoms with van der Waals surface area (Å²) in [5, 5.41) is 3.40. The Morgan fingerprint density at radius 2 is 2.35 bits per heavy atom. The van der Waals surface area contributed by atoms with E-state index in [0.29, 0.717) is 11.6 Å². The first-order valence-electron chi connectivity index (χ1n) is 6.21. The summed E-state index contributed by atoms with van der Waals surface area (Å²) in [5.74, 6) is 1.29. The number of carbonyl (C=O) groups excluding carboxylic acids is 1. The zero-order chi connectivity index (χ0) is 12.3. The van der Waals surface area contributed by atoms with Crippen LogP contribution in [0.25, 0.3) is 0 Å². The van der Waals surface area contributed by atoms with Crippen molar-refractivity contribution in [3.8, 4) is 0 Å². The number of pyridine rings is 1. The molecule has 1 atom stereocenters. The standard InChI is InChI=1S/C13H19N3O/c1-2-11(7-9-3-4-9)16-12-6-5-10(8-15-12)13(14)17/h5-6,8-9,11H,2-4,7H2,1H3,(H2,14,17)(H,15,16). The van der Waals surface area contributed by atoms with Gasteiger partial charge in [-0.3, -0.25) is 4.79 Å². The highest BCUT2D eigenvalue weighted by molar-refractivity contribution is 5.92. The van der Waals surface area contributed by atoms with Gasteiger partial charge in [-0.2, -0.15) is 0 Å². The average Bonchev–Trinajstić information content (AvgIpc) is 3.13. The number of amides is 1. The Morgan fingerprint density at radius 1 is 1.59 bits per heavy atom. The van der Waals surface area contributed by atoms with Crippen LogP contribution in [0.2, 0.25) is 0 Å². The van der Waals surface area contributed by atoms with E-state index in [4.69, 9.17) is 5.73 Å². The fourth-order valence-electron chi connectivity index (χ4n) is 1.92. The molecule has 0 aliphatic heterocycles. The quantitative estimate of drug-likeness (QED) is 0.791. The molecule has 0 aromatic carbocycles. The molecule has 1 fully saturated rings. The number of hydrogen-bond acceptors (Lipinski definition) is 3.